The molecule has 1 atom stereocenters. The summed E-state index contributed by atoms with van der Waals surface area (Å²) in [6, 6.07) is 14.7. The molecule has 0 amide bonds. The van der Waals surface area contributed by atoms with Gasteiger partial charge in [0, 0.05) is 18.2 Å². The van der Waals surface area contributed by atoms with Crippen LogP contribution in [0.25, 0.3) is 10.8 Å². The molecule has 1 aliphatic heterocycles. The molecule has 1 aliphatic rings. The van der Waals surface area contributed by atoms with E-state index in [1.165, 1.54) is 0 Å². The topological polar surface area (TPSA) is 55.3 Å². The van der Waals surface area contributed by atoms with Gasteiger partial charge >= 0.3 is 0 Å². The molecule has 118 valence electrons. The predicted octanol–water partition coefficient (Wildman–Crippen LogP) is 1.32. The number of quaternary nitrogens is 1. The summed E-state index contributed by atoms with van der Waals surface area (Å²) in [6.07, 6.45) is 1.68. The second-order valence-electron chi connectivity index (χ2n) is 5.86. The highest BCUT2D eigenvalue weighted by Crippen LogP contribution is 2.25. The van der Waals surface area contributed by atoms with Crippen LogP contribution in [0.3, 0.4) is 0 Å². The van der Waals surface area contributed by atoms with Gasteiger partial charge in [0.25, 0.3) is 0 Å². The molecule has 1 fully saturated rings. The number of aliphatic hydroxyl groups is 1. The maximum Gasteiger partial charge on any atom is 0.137 e. The molecule has 1 heterocycles. The summed E-state index contributed by atoms with van der Waals surface area (Å²) >= 11 is 0. The van der Waals surface area contributed by atoms with Gasteiger partial charge in [-0.2, -0.15) is 0 Å². The molecule has 0 aliphatic carbocycles. The zero-order valence-electron chi connectivity index (χ0n) is 12.8. The van der Waals surface area contributed by atoms with Gasteiger partial charge in [0.15, 0.2) is 0 Å². The fraction of sp³-hybridized carbons (Fsp3) is 0.444. The van der Waals surface area contributed by atoms with Crippen LogP contribution in [0.15, 0.2) is 42.5 Å². The Balaban J connectivity index is 1.50. The van der Waals surface area contributed by atoms with Crippen LogP contribution in [0.5, 0.6) is 5.75 Å². The van der Waals surface area contributed by atoms with Crippen LogP contribution < -0.4 is 10.1 Å². The number of benzene rings is 2. The van der Waals surface area contributed by atoms with Crippen molar-refractivity contribution < 1.29 is 19.9 Å². The average Bonchev–Trinajstić information content (AvgIpc) is 2.59. The highest BCUT2D eigenvalue weighted by atomic mass is 16.5. The lowest BCUT2D eigenvalue weighted by Gasteiger charge is -2.21. The standard InChI is InChI=1S/C18H23NO3/c20-16(12-19-15-8-10-21-11-9-15)13-22-18-7-3-5-14-4-1-2-6-17(14)18/h1-7,15-16,19-20H,8-13H2/p+1/t16-/m1/s1. The van der Waals surface area contributed by atoms with Crippen molar-refractivity contribution in [2.24, 2.45) is 0 Å². The van der Waals surface area contributed by atoms with Crippen LogP contribution in [-0.4, -0.2) is 43.6 Å². The van der Waals surface area contributed by atoms with Crippen molar-refractivity contribution in [3.63, 3.8) is 0 Å². The van der Waals surface area contributed by atoms with E-state index >= 15 is 0 Å². The molecule has 22 heavy (non-hydrogen) atoms. The Morgan fingerprint density at radius 2 is 1.91 bits per heavy atom. The quantitative estimate of drug-likeness (QED) is 0.846. The number of rotatable bonds is 6. The van der Waals surface area contributed by atoms with Gasteiger partial charge in [-0.3, -0.25) is 0 Å². The van der Waals surface area contributed by atoms with E-state index in [1.807, 2.05) is 30.3 Å². The van der Waals surface area contributed by atoms with Crippen LogP contribution in [0.4, 0.5) is 0 Å². The minimum Gasteiger partial charge on any atom is -0.490 e. The monoisotopic (exact) mass is 302 g/mol. The summed E-state index contributed by atoms with van der Waals surface area (Å²) in [7, 11) is 0. The minimum atomic E-state index is -0.457. The molecule has 2 aromatic carbocycles. The zero-order valence-corrected chi connectivity index (χ0v) is 12.8. The Morgan fingerprint density at radius 3 is 2.77 bits per heavy atom. The van der Waals surface area contributed by atoms with Crippen LogP contribution >= 0.6 is 0 Å². The first-order chi connectivity index (χ1) is 10.8. The van der Waals surface area contributed by atoms with Gasteiger partial charge in [0.2, 0.25) is 0 Å². The predicted molar refractivity (Wildman–Crippen MR) is 86.1 cm³/mol. The molecule has 4 heteroatoms. The summed E-state index contributed by atoms with van der Waals surface area (Å²) < 4.78 is 11.2. The molecule has 0 spiro atoms. The second kappa shape index (κ2) is 7.58. The Bertz CT molecular complexity index is 590. The number of aliphatic hydroxyl groups excluding tert-OH is 1. The summed E-state index contributed by atoms with van der Waals surface area (Å²) in [5.41, 5.74) is 0. The van der Waals surface area contributed by atoms with Crippen LogP contribution in [0, 0.1) is 0 Å². The van der Waals surface area contributed by atoms with Crippen LogP contribution in [-0.2, 0) is 4.74 Å². The van der Waals surface area contributed by atoms with Crippen LogP contribution in [0.1, 0.15) is 12.8 Å². The number of nitrogens with two attached hydrogens (primary N) is 1. The maximum absolute atomic E-state index is 10.1. The van der Waals surface area contributed by atoms with Crippen molar-refractivity contribution in [3.05, 3.63) is 42.5 Å². The number of hydrogen-bond acceptors (Lipinski definition) is 3. The fourth-order valence-corrected chi connectivity index (χ4v) is 2.88. The Hall–Kier alpha value is -1.62. The molecule has 3 N–H and O–H groups in total. The van der Waals surface area contributed by atoms with Gasteiger partial charge in [-0.25, -0.2) is 0 Å². The Kier molecular flexibility index (Phi) is 5.27. The molecule has 3 rings (SSSR count). The van der Waals surface area contributed by atoms with E-state index < -0.39 is 6.10 Å². The number of ether oxygens (including phenoxy) is 2. The van der Waals surface area contributed by atoms with E-state index in [-0.39, 0.29) is 0 Å². The largest absolute Gasteiger partial charge is 0.490 e. The fourth-order valence-electron chi connectivity index (χ4n) is 2.88. The minimum absolute atomic E-state index is 0.327. The van der Waals surface area contributed by atoms with Gasteiger partial charge in [0.1, 0.15) is 25.0 Å². The third kappa shape index (κ3) is 3.97. The van der Waals surface area contributed by atoms with E-state index in [1.54, 1.807) is 0 Å². The Morgan fingerprint density at radius 1 is 1.14 bits per heavy atom. The van der Waals surface area contributed by atoms with E-state index in [4.69, 9.17) is 9.47 Å². The normalized spacial score (nSPS) is 17.5. The highest BCUT2D eigenvalue weighted by Gasteiger charge is 2.18. The van der Waals surface area contributed by atoms with E-state index in [9.17, 15) is 5.11 Å². The molecule has 0 aromatic heterocycles. The van der Waals surface area contributed by atoms with E-state index in [0.29, 0.717) is 19.2 Å². The molecule has 0 saturated carbocycles. The SMILES string of the molecule is O[C@H](C[NH2+]C1CCOCC1)COc1cccc2ccccc12. The molecule has 0 unspecified atom stereocenters. The molecule has 4 nitrogen and oxygen atoms in total. The van der Waals surface area contributed by atoms with Crippen molar-refractivity contribution in [1.82, 2.24) is 0 Å². The summed E-state index contributed by atoms with van der Waals surface area (Å²) in [4.78, 5) is 0. The Labute approximate surface area is 131 Å². The zero-order chi connectivity index (χ0) is 15.2. The first kappa shape index (κ1) is 15.3. The third-order valence-electron chi connectivity index (χ3n) is 4.19. The lowest BCUT2D eigenvalue weighted by atomic mass is 10.1. The lowest BCUT2D eigenvalue weighted by Crippen LogP contribution is -2.92. The summed E-state index contributed by atoms with van der Waals surface area (Å²) in [5, 5.41) is 14.6. The number of fused-ring (bicyclic) bond motifs is 1. The second-order valence-corrected chi connectivity index (χ2v) is 5.86. The van der Waals surface area contributed by atoms with Crippen molar-refractivity contribution in [1.29, 1.82) is 0 Å². The average molecular weight is 302 g/mol. The lowest BCUT2D eigenvalue weighted by molar-refractivity contribution is -0.698. The third-order valence-corrected chi connectivity index (χ3v) is 4.19. The van der Waals surface area contributed by atoms with Gasteiger partial charge in [0.05, 0.1) is 19.3 Å². The smallest absolute Gasteiger partial charge is 0.137 e. The van der Waals surface area contributed by atoms with Gasteiger partial charge in [-0.1, -0.05) is 36.4 Å². The van der Waals surface area contributed by atoms with E-state index in [2.05, 4.69) is 17.4 Å². The molecular weight excluding hydrogens is 278 g/mol. The maximum atomic E-state index is 10.1. The van der Waals surface area contributed by atoms with Crippen molar-refractivity contribution in [2.75, 3.05) is 26.4 Å². The van der Waals surface area contributed by atoms with Crippen molar-refractivity contribution in [2.45, 2.75) is 25.0 Å². The highest BCUT2D eigenvalue weighted by molar-refractivity contribution is 5.88. The molecule has 0 bridgehead atoms. The first-order valence-electron chi connectivity index (χ1n) is 8.02. The summed E-state index contributed by atoms with van der Waals surface area (Å²) in [5.74, 6) is 0.836. The molecule has 1 saturated heterocycles. The van der Waals surface area contributed by atoms with Gasteiger partial charge in [-0.15, -0.1) is 0 Å². The van der Waals surface area contributed by atoms with Gasteiger partial charge < -0.3 is 19.9 Å². The number of hydrogen-bond donors (Lipinski definition) is 2. The molecular formula is C18H24NO3+. The van der Waals surface area contributed by atoms with E-state index in [0.717, 1.165) is 42.6 Å². The van der Waals surface area contributed by atoms with Gasteiger partial charge in [-0.05, 0) is 11.5 Å². The van der Waals surface area contributed by atoms with Crippen molar-refractivity contribution in [3.8, 4) is 5.75 Å². The molecule has 2 aromatic rings. The first-order valence-corrected chi connectivity index (χ1v) is 8.02. The van der Waals surface area contributed by atoms with Crippen LogP contribution in [0.2, 0.25) is 0 Å². The van der Waals surface area contributed by atoms with Crippen molar-refractivity contribution >= 4 is 10.8 Å². The molecule has 0 radical (unpaired) electrons. The summed E-state index contributed by atoms with van der Waals surface area (Å²) in [6.45, 7) is 2.68.